The van der Waals surface area contributed by atoms with Crippen molar-refractivity contribution >= 4 is 53.9 Å². The molecule has 0 nitrogen and oxygen atoms in total. The van der Waals surface area contributed by atoms with Crippen molar-refractivity contribution in [3.8, 4) is 33.4 Å². The van der Waals surface area contributed by atoms with Crippen molar-refractivity contribution in [2.75, 3.05) is 0 Å². The van der Waals surface area contributed by atoms with Gasteiger partial charge < -0.3 is 0 Å². The van der Waals surface area contributed by atoms with Gasteiger partial charge in [-0.2, -0.15) is 0 Å². The monoisotopic (exact) mass is 556 g/mol. The van der Waals surface area contributed by atoms with Gasteiger partial charge in [-0.05, 0) is 99.4 Å². The van der Waals surface area contributed by atoms with E-state index < -0.39 is 0 Å². The first-order chi connectivity index (χ1) is 21.8. The number of benzene rings is 9. The first-order valence-corrected chi connectivity index (χ1v) is 15.3. The SMILES string of the molecule is c1ccc(-c2c(-c3cccc4c3ccc3ccccc34)ccc3cc4ccccc4cc23)c(-c2cccc3ccccc23)c1. The van der Waals surface area contributed by atoms with E-state index in [2.05, 4.69) is 170 Å². The normalized spacial score (nSPS) is 11.6. The van der Waals surface area contributed by atoms with Crippen molar-refractivity contribution in [3.05, 3.63) is 170 Å². The molecule has 204 valence electrons. The molecule has 0 saturated heterocycles. The topological polar surface area (TPSA) is 0 Å². The van der Waals surface area contributed by atoms with Crippen LogP contribution in [0.2, 0.25) is 0 Å². The largest absolute Gasteiger partial charge is 0.0616 e. The molecule has 0 saturated carbocycles. The van der Waals surface area contributed by atoms with Crippen LogP contribution in [0.3, 0.4) is 0 Å². The molecule has 0 heterocycles. The maximum absolute atomic E-state index is 2.39. The standard InChI is InChI=1S/C44H28/c1-2-14-32-28-43-33(27-31(32)13-1)24-26-42(39-22-10-21-37-35-17-6-4-12-30(35)23-25-40(37)39)44(43)41-19-8-7-18-38(41)36-20-9-15-29-11-3-5-16-34(29)36/h1-28H. The number of hydrogen-bond donors (Lipinski definition) is 0. The maximum Gasteiger partial charge on any atom is -0.00201 e. The lowest BCUT2D eigenvalue weighted by Gasteiger charge is -2.20. The van der Waals surface area contributed by atoms with Gasteiger partial charge in [-0.15, -0.1) is 0 Å². The summed E-state index contributed by atoms with van der Waals surface area (Å²) in [5.74, 6) is 0. The van der Waals surface area contributed by atoms with Crippen LogP contribution in [0.5, 0.6) is 0 Å². The van der Waals surface area contributed by atoms with Gasteiger partial charge in [0.25, 0.3) is 0 Å². The van der Waals surface area contributed by atoms with E-state index in [-0.39, 0.29) is 0 Å². The predicted molar refractivity (Wildman–Crippen MR) is 190 cm³/mol. The van der Waals surface area contributed by atoms with E-state index in [0.29, 0.717) is 0 Å². The molecule has 9 rings (SSSR count). The van der Waals surface area contributed by atoms with Gasteiger partial charge in [-0.25, -0.2) is 0 Å². The van der Waals surface area contributed by atoms with E-state index in [1.165, 1.54) is 87.2 Å². The Morgan fingerprint density at radius 1 is 0.205 bits per heavy atom. The maximum atomic E-state index is 2.39. The van der Waals surface area contributed by atoms with Crippen LogP contribution in [0.4, 0.5) is 0 Å². The zero-order valence-electron chi connectivity index (χ0n) is 24.2. The molecule has 0 unspecified atom stereocenters. The van der Waals surface area contributed by atoms with E-state index in [1.807, 2.05) is 0 Å². The summed E-state index contributed by atoms with van der Waals surface area (Å²) >= 11 is 0. The molecular weight excluding hydrogens is 528 g/mol. The molecule has 0 bridgehead atoms. The Hall–Kier alpha value is -5.72. The summed E-state index contributed by atoms with van der Waals surface area (Å²) in [7, 11) is 0. The molecule has 9 aromatic carbocycles. The molecule has 0 N–H and O–H groups in total. The highest BCUT2D eigenvalue weighted by molar-refractivity contribution is 6.17. The summed E-state index contributed by atoms with van der Waals surface area (Å²) in [5.41, 5.74) is 7.53. The molecule has 0 aromatic heterocycles. The summed E-state index contributed by atoms with van der Waals surface area (Å²) in [4.78, 5) is 0. The Kier molecular flexibility index (Phi) is 5.61. The third-order valence-electron chi connectivity index (χ3n) is 9.24. The molecule has 0 radical (unpaired) electrons. The molecule has 0 fully saturated rings. The highest BCUT2D eigenvalue weighted by atomic mass is 14.2. The van der Waals surface area contributed by atoms with Gasteiger partial charge in [0.1, 0.15) is 0 Å². The molecule has 0 amide bonds. The Morgan fingerprint density at radius 3 is 1.55 bits per heavy atom. The summed E-state index contributed by atoms with van der Waals surface area (Å²) in [6.07, 6.45) is 0. The van der Waals surface area contributed by atoms with Crippen LogP contribution in [-0.2, 0) is 0 Å². The highest BCUT2D eigenvalue weighted by Gasteiger charge is 2.19. The van der Waals surface area contributed by atoms with Crippen molar-refractivity contribution in [3.63, 3.8) is 0 Å². The van der Waals surface area contributed by atoms with Crippen molar-refractivity contribution in [1.29, 1.82) is 0 Å². The average Bonchev–Trinajstić information content (AvgIpc) is 3.09. The molecule has 0 aliphatic carbocycles. The quantitative estimate of drug-likeness (QED) is 0.150. The van der Waals surface area contributed by atoms with Crippen LogP contribution in [-0.4, -0.2) is 0 Å². The molecule has 0 atom stereocenters. The van der Waals surface area contributed by atoms with E-state index >= 15 is 0 Å². The Morgan fingerprint density at radius 2 is 0.727 bits per heavy atom. The summed E-state index contributed by atoms with van der Waals surface area (Å²) in [6.45, 7) is 0. The second-order valence-electron chi connectivity index (χ2n) is 11.7. The van der Waals surface area contributed by atoms with E-state index in [4.69, 9.17) is 0 Å². The van der Waals surface area contributed by atoms with Gasteiger partial charge in [-0.3, -0.25) is 0 Å². The lowest BCUT2D eigenvalue weighted by molar-refractivity contribution is 1.61. The Balaban J connectivity index is 1.42. The van der Waals surface area contributed by atoms with Gasteiger partial charge >= 0.3 is 0 Å². The minimum atomic E-state index is 1.25. The highest BCUT2D eigenvalue weighted by Crippen LogP contribution is 2.46. The fourth-order valence-electron chi connectivity index (χ4n) is 7.20. The Labute approximate surface area is 256 Å². The van der Waals surface area contributed by atoms with Crippen LogP contribution in [0.15, 0.2) is 170 Å². The van der Waals surface area contributed by atoms with Gasteiger partial charge in [0, 0.05) is 0 Å². The molecule has 0 heteroatoms. The zero-order chi connectivity index (χ0) is 29.0. The summed E-state index contributed by atoms with van der Waals surface area (Å²) in [5, 5.41) is 12.7. The van der Waals surface area contributed by atoms with Crippen molar-refractivity contribution in [2.24, 2.45) is 0 Å². The minimum absolute atomic E-state index is 1.25. The van der Waals surface area contributed by atoms with Gasteiger partial charge in [0.05, 0.1) is 0 Å². The van der Waals surface area contributed by atoms with Gasteiger partial charge in [0.15, 0.2) is 0 Å². The van der Waals surface area contributed by atoms with Crippen molar-refractivity contribution < 1.29 is 0 Å². The number of fused-ring (bicyclic) bond motifs is 6. The third kappa shape index (κ3) is 3.85. The molecule has 44 heavy (non-hydrogen) atoms. The second kappa shape index (κ2) is 9.93. The zero-order valence-corrected chi connectivity index (χ0v) is 24.2. The van der Waals surface area contributed by atoms with E-state index in [1.54, 1.807) is 0 Å². The lowest BCUT2D eigenvalue weighted by Crippen LogP contribution is -1.93. The van der Waals surface area contributed by atoms with Crippen LogP contribution in [0.1, 0.15) is 0 Å². The molecule has 0 aliphatic rings. The van der Waals surface area contributed by atoms with Crippen LogP contribution in [0, 0.1) is 0 Å². The molecule has 0 spiro atoms. The van der Waals surface area contributed by atoms with E-state index in [0.717, 1.165) is 0 Å². The first kappa shape index (κ1) is 24.8. The van der Waals surface area contributed by atoms with Crippen molar-refractivity contribution in [1.82, 2.24) is 0 Å². The lowest BCUT2D eigenvalue weighted by atomic mass is 9.83. The smallest absolute Gasteiger partial charge is 0.00201 e. The Bertz CT molecular complexity index is 2550. The van der Waals surface area contributed by atoms with Gasteiger partial charge in [0.2, 0.25) is 0 Å². The predicted octanol–water partition coefficient (Wildman–Crippen LogP) is 12.5. The third-order valence-corrected chi connectivity index (χ3v) is 9.24. The fourth-order valence-corrected chi connectivity index (χ4v) is 7.20. The molecule has 0 aliphatic heterocycles. The van der Waals surface area contributed by atoms with Crippen LogP contribution < -0.4 is 0 Å². The van der Waals surface area contributed by atoms with E-state index in [9.17, 15) is 0 Å². The minimum Gasteiger partial charge on any atom is -0.0616 e. The number of rotatable bonds is 3. The molecular formula is C44H28. The van der Waals surface area contributed by atoms with Gasteiger partial charge in [-0.1, -0.05) is 158 Å². The fraction of sp³-hybridized carbons (Fsp3) is 0. The van der Waals surface area contributed by atoms with Crippen LogP contribution in [0.25, 0.3) is 87.2 Å². The average molecular weight is 557 g/mol. The number of hydrogen-bond acceptors (Lipinski definition) is 0. The summed E-state index contributed by atoms with van der Waals surface area (Å²) in [6, 6.07) is 62.5. The van der Waals surface area contributed by atoms with Crippen molar-refractivity contribution in [2.45, 2.75) is 0 Å². The van der Waals surface area contributed by atoms with Crippen LogP contribution >= 0.6 is 0 Å². The molecule has 9 aromatic rings. The first-order valence-electron chi connectivity index (χ1n) is 15.3. The summed E-state index contributed by atoms with van der Waals surface area (Å²) < 4.78 is 0. The second-order valence-corrected chi connectivity index (χ2v) is 11.7.